The van der Waals surface area contributed by atoms with Crippen LogP contribution in [0.25, 0.3) is 0 Å². The molecule has 1 fully saturated rings. The summed E-state index contributed by atoms with van der Waals surface area (Å²) in [4.78, 5) is 27.9. The quantitative estimate of drug-likeness (QED) is 0.0862. The van der Waals surface area contributed by atoms with Crippen molar-refractivity contribution in [1.29, 1.82) is 0 Å². The number of esters is 2. The highest BCUT2D eigenvalue weighted by Gasteiger charge is 2.37. The standard InChI is InChI=1S/C27H40F3NO5S2Si/c1-7-34-25(33)22-17-38-26(31-22)37-16-13-20-19(10-11-23(20)35-18(2)32)9-8-14-27(3,36-39(4,5)6)15-12-21(28)24(29)30/h8-9,17,19-20,23H,7,10-16H2,1-6H3/b9-8+/t19-,20+,23-,27?/m0/s1. The van der Waals surface area contributed by atoms with Crippen LogP contribution in [0.4, 0.5) is 13.2 Å². The average Bonchev–Trinajstić information content (AvgIpc) is 3.44. The number of halogens is 3. The topological polar surface area (TPSA) is 74.7 Å². The molecule has 6 nitrogen and oxygen atoms in total. The first kappa shape index (κ1) is 33.6. The lowest BCUT2D eigenvalue weighted by molar-refractivity contribution is -0.148. The van der Waals surface area contributed by atoms with Gasteiger partial charge in [-0.3, -0.25) is 4.79 Å². The minimum Gasteiger partial charge on any atom is -0.462 e. The van der Waals surface area contributed by atoms with Crippen LogP contribution < -0.4 is 0 Å². The molecule has 220 valence electrons. The van der Waals surface area contributed by atoms with Gasteiger partial charge >= 0.3 is 18.0 Å². The van der Waals surface area contributed by atoms with E-state index in [0.29, 0.717) is 18.7 Å². The Morgan fingerprint density at radius 1 is 1.26 bits per heavy atom. The summed E-state index contributed by atoms with van der Waals surface area (Å²) in [6, 6.07) is 0. The summed E-state index contributed by atoms with van der Waals surface area (Å²) in [5.41, 5.74) is -0.467. The van der Waals surface area contributed by atoms with Crippen molar-refractivity contribution >= 4 is 43.4 Å². The number of thiazole rings is 1. The zero-order chi connectivity index (χ0) is 29.2. The van der Waals surface area contributed by atoms with Gasteiger partial charge in [-0.1, -0.05) is 23.9 Å². The van der Waals surface area contributed by atoms with Gasteiger partial charge in [0, 0.05) is 30.4 Å². The lowest BCUT2D eigenvalue weighted by atomic mass is 9.90. The number of carbonyl (C=O) groups excluding carboxylic acids is 2. The summed E-state index contributed by atoms with van der Waals surface area (Å²) in [5.74, 6) is -1.14. The Balaban J connectivity index is 2.06. The van der Waals surface area contributed by atoms with E-state index in [1.807, 2.05) is 32.6 Å². The minimum atomic E-state index is -2.28. The van der Waals surface area contributed by atoms with E-state index in [-0.39, 0.29) is 36.8 Å². The summed E-state index contributed by atoms with van der Waals surface area (Å²) in [6.07, 6.45) is 4.25. The van der Waals surface area contributed by atoms with Crippen molar-refractivity contribution in [3.63, 3.8) is 0 Å². The molecule has 0 saturated heterocycles. The Morgan fingerprint density at radius 2 is 1.97 bits per heavy atom. The van der Waals surface area contributed by atoms with Gasteiger partial charge in [0.25, 0.3) is 0 Å². The molecule has 12 heteroatoms. The third-order valence-electron chi connectivity index (χ3n) is 6.34. The third-order valence-corrected chi connectivity index (χ3v) is 9.50. The number of thioether (sulfide) groups is 1. The maximum absolute atomic E-state index is 13.6. The second kappa shape index (κ2) is 15.4. The Labute approximate surface area is 238 Å². The first-order valence-electron chi connectivity index (χ1n) is 13.2. The molecule has 0 bridgehead atoms. The molecule has 0 aliphatic heterocycles. The van der Waals surface area contributed by atoms with E-state index in [4.69, 9.17) is 13.9 Å². The van der Waals surface area contributed by atoms with Crippen LogP contribution in [0.2, 0.25) is 19.6 Å². The van der Waals surface area contributed by atoms with Gasteiger partial charge in [0.1, 0.15) is 6.10 Å². The molecule has 0 amide bonds. The van der Waals surface area contributed by atoms with Crippen LogP contribution in [0.1, 0.15) is 69.8 Å². The van der Waals surface area contributed by atoms with Crippen LogP contribution >= 0.6 is 23.1 Å². The van der Waals surface area contributed by atoms with Crippen molar-refractivity contribution < 1.29 is 36.7 Å². The Bertz CT molecular complexity index is 1030. The van der Waals surface area contributed by atoms with Gasteiger partial charge < -0.3 is 13.9 Å². The molecule has 1 aliphatic carbocycles. The van der Waals surface area contributed by atoms with Crippen LogP contribution in [0, 0.1) is 11.8 Å². The van der Waals surface area contributed by atoms with Gasteiger partial charge in [0.05, 0.1) is 12.2 Å². The molecule has 1 aromatic rings. The van der Waals surface area contributed by atoms with Crippen LogP contribution in [0.3, 0.4) is 0 Å². The number of carbonyl (C=O) groups is 2. The smallest absolute Gasteiger partial charge is 0.357 e. The van der Waals surface area contributed by atoms with E-state index >= 15 is 0 Å². The number of ether oxygens (including phenoxy) is 2. The van der Waals surface area contributed by atoms with Crippen molar-refractivity contribution in [3.05, 3.63) is 35.1 Å². The third kappa shape index (κ3) is 11.8. The van der Waals surface area contributed by atoms with Crippen molar-refractivity contribution in [2.75, 3.05) is 12.4 Å². The highest BCUT2D eigenvalue weighted by atomic mass is 32.2. The summed E-state index contributed by atoms with van der Waals surface area (Å²) in [5, 5.41) is 1.69. The number of allylic oxidation sites excluding steroid dienone is 2. The normalized spacial score (nSPS) is 21.1. The molecule has 1 heterocycles. The molecular weight excluding hydrogens is 568 g/mol. The van der Waals surface area contributed by atoms with Crippen molar-refractivity contribution in [2.24, 2.45) is 11.8 Å². The molecule has 0 N–H and O–H groups in total. The summed E-state index contributed by atoms with van der Waals surface area (Å²) >= 11 is 2.94. The van der Waals surface area contributed by atoms with Gasteiger partial charge in [0.2, 0.25) is 0 Å². The highest BCUT2D eigenvalue weighted by molar-refractivity contribution is 8.01. The van der Waals surface area contributed by atoms with Gasteiger partial charge in [-0.15, -0.1) is 11.3 Å². The second-order valence-electron chi connectivity index (χ2n) is 10.9. The van der Waals surface area contributed by atoms with Gasteiger partial charge in [-0.2, -0.15) is 8.78 Å². The van der Waals surface area contributed by atoms with Crippen LogP contribution in [0.5, 0.6) is 0 Å². The van der Waals surface area contributed by atoms with Crippen LogP contribution in [0.15, 0.2) is 33.8 Å². The van der Waals surface area contributed by atoms with Gasteiger partial charge in [0.15, 0.2) is 24.2 Å². The van der Waals surface area contributed by atoms with E-state index in [2.05, 4.69) is 11.1 Å². The fraction of sp³-hybridized carbons (Fsp3) is 0.667. The molecule has 1 aromatic heterocycles. The Hall–Kier alpha value is -1.63. The average molecular weight is 608 g/mol. The lowest BCUT2D eigenvalue weighted by Crippen LogP contribution is -2.40. The van der Waals surface area contributed by atoms with Crippen LogP contribution in [-0.2, 0) is 18.7 Å². The molecular formula is C27H40F3NO5S2Si. The SMILES string of the molecule is CCOC(=O)c1csc(SCC[C@H]2[C@@H](OC(C)=O)CC[C@@H]2/C=C/CC(C)(CCC(F)=C(F)F)O[Si](C)(C)C)n1. The van der Waals surface area contributed by atoms with E-state index in [9.17, 15) is 22.8 Å². The second-order valence-corrected chi connectivity index (χ2v) is 17.5. The Kier molecular flexibility index (Phi) is 13.2. The molecule has 39 heavy (non-hydrogen) atoms. The number of hydrogen-bond acceptors (Lipinski definition) is 8. The monoisotopic (exact) mass is 607 g/mol. The zero-order valence-electron chi connectivity index (χ0n) is 23.6. The predicted octanol–water partition coefficient (Wildman–Crippen LogP) is 8.17. The summed E-state index contributed by atoms with van der Waals surface area (Å²) in [6.45, 7) is 11.4. The maximum atomic E-state index is 13.6. The molecule has 1 saturated carbocycles. The minimum absolute atomic E-state index is 0.104. The van der Waals surface area contributed by atoms with Crippen molar-refractivity contribution in [1.82, 2.24) is 4.98 Å². The van der Waals surface area contributed by atoms with E-state index < -0.39 is 31.8 Å². The molecule has 4 atom stereocenters. The van der Waals surface area contributed by atoms with Gasteiger partial charge in [-0.25, -0.2) is 14.2 Å². The van der Waals surface area contributed by atoms with E-state index in [1.165, 1.54) is 18.3 Å². The summed E-state index contributed by atoms with van der Waals surface area (Å²) in [7, 11) is -2.03. The van der Waals surface area contributed by atoms with Gasteiger partial charge in [-0.05, 0) is 71.5 Å². The lowest BCUT2D eigenvalue weighted by Gasteiger charge is -2.36. The molecule has 1 aliphatic rings. The fourth-order valence-electron chi connectivity index (χ4n) is 4.86. The van der Waals surface area contributed by atoms with Crippen molar-refractivity contribution in [3.8, 4) is 0 Å². The number of nitrogens with zero attached hydrogens (tertiary/aromatic N) is 1. The molecule has 0 aromatic carbocycles. The number of rotatable bonds is 15. The fourth-order valence-corrected chi connectivity index (χ4v) is 8.43. The zero-order valence-corrected chi connectivity index (χ0v) is 26.2. The molecule has 1 unspecified atom stereocenters. The first-order valence-corrected chi connectivity index (χ1v) is 18.5. The number of hydrogen-bond donors (Lipinski definition) is 0. The predicted molar refractivity (Wildman–Crippen MR) is 151 cm³/mol. The number of aromatic nitrogens is 1. The Morgan fingerprint density at radius 3 is 2.59 bits per heavy atom. The van der Waals surface area contributed by atoms with E-state index in [0.717, 1.165) is 29.4 Å². The van der Waals surface area contributed by atoms with Crippen LogP contribution in [-0.4, -0.2) is 49.3 Å². The maximum Gasteiger partial charge on any atom is 0.357 e. The highest BCUT2D eigenvalue weighted by Crippen LogP contribution is 2.40. The van der Waals surface area contributed by atoms with E-state index in [1.54, 1.807) is 24.1 Å². The molecule has 0 radical (unpaired) electrons. The molecule has 2 rings (SSSR count). The molecule has 0 spiro atoms. The van der Waals surface area contributed by atoms with Crippen molar-refractivity contribution in [2.45, 2.75) is 95.0 Å². The summed E-state index contributed by atoms with van der Waals surface area (Å²) < 4.78 is 56.6. The first-order chi connectivity index (χ1) is 18.2. The largest absolute Gasteiger partial charge is 0.462 e.